The standard InChI is InChI=1S/C14H25FN4O/c1-5-6-16-13-17-8-11(15)12(19-13)18-9-14(4,20)7-10(2)3/h8,10,20H,5-7,9H2,1-4H3,(H2,16,17,18,19). The molecule has 6 heteroatoms. The minimum absolute atomic E-state index is 0.114. The summed E-state index contributed by atoms with van der Waals surface area (Å²) in [5, 5.41) is 16.1. The average molecular weight is 284 g/mol. The lowest BCUT2D eigenvalue weighted by Gasteiger charge is -2.25. The van der Waals surface area contributed by atoms with Crippen LogP contribution in [-0.4, -0.2) is 33.8 Å². The third kappa shape index (κ3) is 5.69. The van der Waals surface area contributed by atoms with E-state index in [4.69, 9.17) is 0 Å². The number of nitrogens with one attached hydrogen (secondary N) is 2. The summed E-state index contributed by atoms with van der Waals surface area (Å²) in [4.78, 5) is 7.94. The van der Waals surface area contributed by atoms with Gasteiger partial charge in [-0.25, -0.2) is 9.37 Å². The predicted molar refractivity (Wildman–Crippen MR) is 79.3 cm³/mol. The highest BCUT2D eigenvalue weighted by molar-refractivity contribution is 5.41. The highest BCUT2D eigenvalue weighted by Gasteiger charge is 2.22. The zero-order valence-corrected chi connectivity index (χ0v) is 12.7. The summed E-state index contributed by atoms with van der Waals surface area (Å²) in [6.45, 7) is 8.80. The number of hydrogen-bond donors (Lipinski definition) is 3. The van der Waals surface area contributed by atoms with Crippen molar-refractivity contribution >= 4 is 11.8 Å². The van der Waals surface area contributed by atoms with E-state index in [-0.39, 0.29) is 12.4 Å². The number of hydrogen-bond acceptors (Lipinski definition) is 5. The molecule has 3 N–H and O–H groups in total. The summed E-state index contributed by atoms with van der Waals surface area (Å²) >= 11 is 0. The van der Waals surface area contributed by atoms with Crippen LogP contribution in [0.1, 0.15) is 40.5 Å². The van der Waals surface area contributed by atoms with Gasteiger partial charge >= 0.3 is 0 Å². The predicted octanol–water partition coefficient (Wildman–Crippen LogP) is 2.65. The fraction of sp³-hybridized carbons (Fsp3) is 0.714. The zero-order chi connectivity index (χ0) is 15.2. The Morgan fingerprint density at radius 1 is 1.40 bits per heavy atom. The van der Waals surface area contributed by atoms with Crippen LogP contribution >= 0.6 is 0 Å². The molecule has 1 heterocycles. The number of aliphatic hydroxyl groups is 1. The fourth-order valence-corrected chi connectivity index (χ4v) is 2.04. The lowest BCUT2D eigenvalue weighted by Crippen LogP contribution is -2.35. The Bertz CT molecular complexity index is 424. The minimum atomic E-state index is -0.900. The summed E-state index contributed by atoms with van der Waals surface area (Å²) < 4.78 is 13.6. The van der Waals surface area contributed by atoms with E-state index in [1.807, 2.05) is 20.8 Å². The number of halogens is 1. The Morgan fingerprint density at radius 3 is 2.70 bits per heavy atom. The molecule has 0 aliphatic carbocycles. The van der Waals surface area contributed by atoms with Gasteiger partial charge in [0.1, 0.15) is 0 Å². The van der Waals surface area contributed by atoms with Gasteiger partial charge in [-0.1, -0.05) is 20.8 Å². The van der Waals surface area contributed by atoms with Crippen LogP contribution in [0.2, 0.25) is 0 Å². The maximum absolute atomic E-state index is 13.6. The lowest BCUT2D eigenvalue weighted by molar-refractivity contribution is 0.0514. The Hall–Kier alpha value is -1.43. The smallest absolute Gasteiger partial charge is 0.224 e. The van der Waals surface area contributed by atoms with E-state index < -0.39 is 11.4 Å². The van der Waals surface area contributed by atoms with Crippen molar-refractivity contribution in [3.63, 3.8) is 0 Å². The van der Waals surface area contributed by atoms with Crippen molar-refractivity contribution in [1.82, 2.24) is 9.97 Å². The Balaban J connectivity index is 2.66. The molecule has 5 nitrogen and oxygen atoms in total. The summed E-state index contributed by atoms with van der Waals surface area (Å²) in [7, 11) is 0. The molecule has 0 saturated heterocycles. The molecule has 1 rings (SSSR count). The van der Waals surface area contributed by atoms with Gasteiger partial charge in [-0.15, -0.1) is 0 Å². The fourth-order valence-electron chi connectivity index (χ4n) is 2.04. The number of anilines is 2. The number of aromatic nitrogens is 2. The summed E-state index contributed by atoms with van der Waals surface area (Å²) in [5.41, 5.74) is -0.900. The molecule has 1 atom stereocenters. The van der Waals surface area contributed by atoms with Crippen LogP contribution in [0.3, 0.4) is 0 Å². The van der Waals surface area contributed by atoms with Gasteiger partial charge in [-0.05, 0) is 25.7 Å². The van der Waals surface area contributed by atoms with E-state index >= 15 is 0 Å². The van der Waals surface area contributed by atoms with E-state index in [0.29, 0.717) is 18.3 Å². The molecule has 1 aromatic heterocycles. The van der Waals surface area contributed by atoms with Crippen LogP contribution in [0.4, 0.5) is 16.2 Å². The second kappa shape index (κ2) is 7.38. The van der Waals surface area contributed by atoms with E-state index in [2.05, 4.69) is 20.6 Å². The van der Waals surface area contributed by atoms with Gasteiger partial charge in [-0.3, -0.25) is 0 Å². The molecule has 114 valence electrons. The van der Waals surface area contributed by atoms with E-state index in [9.17, 15) is 9.50 Å². The van der Waals surface area contributed by atoms with E-state index in [1.165, 1.54) is 0 Å². The SMILES string of the molecule is CCCNc1ncc(F)c(NCC(C)(O)CC(C)C)n1. The summed E-state index contributed by atoms with van der Waals surface area (Å²) in [5.74, 6) is 0.345. The van der Waals surface area contributed by atoms with Gasteiger partial charge in [0.15, 0.2) is 11.6 Å². The second-order valence-corrected chi connectivity index (χ2v) is 5.77. The van der Waals surface area contributed by atoms with Crippen molar-refractivity contribution in [2.45, 2.75) is 46.1 Å². The molecular weight excluding hydrogens is 259 g/mol. The molecule has 0 radical (unpaired) electrons. The second-order valence-electron chi connectivity index (χ2n) is 5.77. The molecule has 0 amide bonds. The maximum atomic E-state index is 13.6. The first-order valence-corrected chi connectivity index (χ1v) is 7.06. The monoisotopic (exact) mass is 284 g/mol. The molecular formula is C14H25FN4O. The Kier molecular flexibility index (Phi) is 6.13. The molecule has 0 fully saturated rings. The van der Waals surface area contributed by atoms with Gasteiger partial charge in [0.25, 0.3) is 0 Å². The van der Waals surface area contributed by atoms with Crippen LogP contribution in [-0.2, 0) is 0 Å². The molecule has 0 spiro atoms. The summed E-state index contributed by atoms with van der Waals surface area (Å²) in [6, 6.07) is 0. The van der Waals surface area contributed by atoms with Gasteiger partial charge < -0.3 is 15.7 Å². The van der Waals surface area contributed by atoms with Crippen LogP contribution < -0.4 is 10.6 Å². The first-order valence-electron chi connectivity index (χ1n) is 7.06. The van der Waals surface area contributed by atoms with Crippen molar-refractivity contribution < 1.29 is 9.50 Å². The van der Waals surface area contributed by atoms with Gasteiger partial charge in [0.2, 0.25) is 5.95 Å². The van der Waals surface area contributed by atoms with Crippen LogP contribution in [0.15, 0.2) is 6.20 Å². The number of nitrogens with zero attached hydrogens (tertiary/aromatic N) is 2. The van der Waals surface area contributed by atoms with Gasteiger partial charge in [0.05, 0.1) is 11.8 Å². The number of rotatable bonds is 8. The molecule has 0 aromatic carbocycles. The van der Waals surface area contributed by atoms with Crippen LogP contribution in [0, 0.1) is 11.7 Å². The van der Waals surface area contributed by atoms with E-state index in [0.717, 1.165) is 19.2 Å². The van der Waals surface area contributed by atoms with Crippen molar-refractivity contribution in [2.24, 2.45) is 5.92 Å². The molecule has 0 bridgehead atoms. The minimum Gasteiger partial charge on any atom is -0.388 e. The lowest BCUT2D eigenvalue weighted by atomic mass is 9.94. The Labute approximate surface area is 120 Å². The van der Waals surface area contributed by atoms with Crippen LogP contribution in [0.25, 0.3) is 0 Å². The van der Waals surface area contributed by atoms with Crippen molar-refractivity contribution in [1.29, 1.82) is 0 Å². The first-order chi connectivity index (χ1) is 9.34. The first kappa shape index (κ1) is 16.6. The topological polar surface area (TPSA) is 70.1 Å². The van der Waals surface area contributed by atoms with Gasteiger partial charge in [0, 0.05) is 13.1 Å². The van der Waals surface area contributed by atoms with E-state index in [1.54, 1.807) is 6.92 Å². The van der Waals surface area contributed by atoms with Crippen molar-refractivity contribution in [3.05, 3.63) is 12.0 Å². The van der Waals surface area contributed by atoms with Crippen molar-refractivity contribution in [3.8, 4) is 0 Å². The zero-order valence-electron chi connectivity index (χ0n) is 12.7. The highest BCUT2D eigenvalue weighted by atomic mass is 19.1. The third-order valence-corrected chi connectivity index (χ3v) is 2.76. The molecule has 1 aromatic rings. The molecule has 0 aliphatic heterocycles. The maximum Gasteiger partial charge on any atom is 0.224 e. The Morgan fingerprint density at radius 2 is 2.10 bits per heavy atom. The summed E-state index contributed by atoms with van der Waals surface area (Å²) in [6.07, 6.45) is 2.70. The normalized spacial score (nSPS) is 14.2. The average Bonchev–Trinajstić information content (AvgIpc) is 2.34. The molecule has 1 unspecified atom stereocenters. The molecule has 0 aliphatic rings. The van der Waals surface area contributed by atoms with Crippen LogP contribution in [0.5, 0.6) is 0 Å². The molecule has 0 saturated carbocycles. The van der Waals surface area contributed by atoms with Crippen molar-refractivity contribution in [2.75, 3.05) is 23.7 Å². The van der Waals surface area contributed by atoms with Gasteiger partial charge in [-0.2, -0.15) is 4.98 Å². The highest BCUT2D eigenvalue weighted by Crippen LogP contribution is 2.18. The quantitative estimate of drug-likeness (QED) is 0.684. The third-order valence-electron chi connectivity index (χ3n) is 2.76. The largest absolute Gasteiger partial charge is 0.388 e. The molecule has 20 heavy (non-hydrogen) atoms.